The van der Waals surface area contributed by atoms with Gasteiger partial charge in [0.15, 0.2) is 6.10 Å². The monoisotopic (exact) mass is 284 g/mol. The summed E-state index contributed by atoms with van der Waals surface area (Å²) >= 11 is 0. The summed E-state index contributed by atoms with van der Waals surface area (Å²) in [6.45, 7) is 4.42. The van der Waals surface area contributed by atoms with Crippen molar-refractivity contribution in [3.63, 3.8) is 0 Å². The van der Waals surface area contributed by atoms with Gasteiger partial charge >= 0.3 is 11.9 Å². The van der Waals surface area contributed by atoms with Crippen LogP contribution in [-0.2, 0) is 30.2 Å². The molecule has 1 saturated heterocycles. The molecule has 0 bridgehead atoms. The van der Waals surface area contributed by atoms with Crippen LogP contribution < -0.4 is 0 Å². The summed E-state index contributed by atoms with van der Waals surface area (Å²) in [5.41, 5.74) is 0. The number of esters is 2. The zero-order chi connectivity index (χ0) is 14.7. The van der Waals surface area contributed by atoms with Crippen molar-refractivity contribution >= 4 is 11.9 Å². The fourth-order valence-corrected chi connectivity index (χ4v) is 1.92. The molecule has 0 radical (unpaired) electrons. The molecule has 0 aromatic carbocycles. The largest absolute Gasteiger partial charge is 0.456 e. The maximum absolute atomic E-state index is 11.1. The van der Waals surface area contributed by atoms with Crippen LogP contribution in [0.4, 0.5) is 0 Å². The molecule has 1 fully saturated rings. The summed E-state index contributed by atoms with van der Waals surface area (Å²) < 4.78 is 20.6. The number of ether oxygens (including phenoxy) is 3. The molecule has 20 heavy (non-hydrogen) atoms. The SMILES string of the molecule is CCc1nc(C2CC(OC(C)=O)C(OC(C)=O)O2)no1. The number of aryl methyl sites for hydroxylation is 1. The molecule has 8 nitrogen and oxygen atoms in total. The molecule has 1 aromatic heterocycles. The van der Waals surface area contributed by atoms with Crippen molar-refractivity contribution in [2.24, 2.45) is 0 Å². The third-order valence-corrected chi connectivity index (χ3v) is 2.72. The second-order valence-corrected chi connectivity index (χ2v) is 4.39. The van der Waals surface area contributed by atoms with E-state index in [2.05, 4.69) is 10.1 Å². The van der Waals surface area contributed by atoms with Crippen molar-refractivity contribution in [1.82, 2.24) is 10.1 Å². The first-order valence-electron chi connectivity index (χ1n) is 6.32. The van der Waals surface area contributed by atoms with Crippen LogP contribution in [0.15, 0.2) is 4.52 Å². The van der Waals surface area contributed by atoms with Crippen LogP contribution in [0.25, 0.3) is 0 Å². The second-order valence-electron chi connectivity index (χ2n) is 4.39. The zero-order valence-corrected chi connectivity index (χ0v) is 11.5. The van der Waals surface area contributed by atoms with E-state index in [0.29, 0.717) is 24.6 Å². The lowest BCUT2D eigenvalue weighted by atomic mass is 10.2. The van der Waals surface area contributed by atoms with E-state index in [1.165, 1.54) is 13.8 Å². The normalized spacial score (nSPS) is 25.4. The van der Waals surface area contributed by atoms with Gasteiger partial charge in [-0.2, -0.15) is 4.98 Å². The van der Waals surface area contributed by atoms with Crippen molar-refractivity contribution < 1.29 is 28.3 Å². The van der Waals surface area contributed by atoms with Crippen LogP contribution in [0, 0.1) is 0 Å². The van der Waals surface area contributed by atoms with Gasteiger partial charge in [0, 0.05) is 26.7 Å². The highest BCUT2D eigenvalue weighted by Crippen LogP contribution is 2.34. The predicted octanol–water partition coefficient (Wildman–Crippen LogP) is 0.914. The summed E-state index contributed by atoms with van der Waals surface area (Å²) in [4.78, 5) is 26.2. The molecule has 0 aliphatic carbocycles. The quantitative estimate of drug-likeness (QED) is 0.752. The first-order chi connectivity index (χ1) is 9.49. The summed E-state index contributed by atoms with van der Waals surface area (Å²) in [7, 11) is 0. The van der Waals surface area contributed by atoms with Crippen molar-refractivity contribution in [1.29, 1.82) is 0 Å². The molecule has 8 heteroatoms. The fourth-order valence-electron chi connectivity index (χ4n) is 1.92. The number of hydrogen-bond acceptors (Lipinski definition) is 8. The van der Waals surface area contributed by atoms with Crippen LogP contribution in [0.5, 0.6) is 0 Å². The van der Waals surface area contributed by atoms with Gasteiger partial charge in [0.1, 0.15) is 6.10 Å². The van der Waals surface area contributed by atoms with Crippen molar-refractivity contribution in [3.05, 3.63) is 11.7 Å². The number of nitrogens with zero attached hydrogens (tertiary/aromatic N) is 2. The number of hydrogen-bond donors (Lipinski definition) is 0. The highest BCUT2D eigenvalue weighted by Gasteiger charge is 2.42. The Morgan fingerprint density at radius 2 is 2.00 bits per heavy atom. The fraction of sp³-hybridized carbons (Fsp3) is 0.667. The Hall–Kier alpha value is -1.96. The van der Waals surface area contributed by atoms with Gasteiger partial charge < -0.3 is 18.7 Å². The summed E-state index contributed by atoms with van der Waals surface area (Å²) in [5.74, 6) is -0.147. The average Bonchev–Trinajstić information content (AvgIpc) is 2.95. The van der Waals surface area contributed by atoms with Crippen LogP contribution in [0.1, 0.15) is 45.0 Å². The number of rotatable bonds is 4. The topological polar surface area (TPSA) is 101 Å². The molecule has 3 unspecified atom stereocenters. The predicted molar refractivity (Wildman–Crippen MR) is 63.2 cm³/mol. The first-order valence-corrected chi connectivity index (χ1v) is 6.32. The minimum Gasteiger partial charge on any atom is -0.456 e. The minimum absolute atomic E-state index is 0.306. The molecule has 1 aromatic rings. The average molecular weight is 284 g/mol. The van der Waals surface area contributed by atoms with E-state index in [4.69, 9.17) is 18.7 Å². The van der Waals surface area contributed by atoms with Crippen LogP contribution in [-0.4, -0.2) is 34.5 Å². The molecular formula is C12H16N2O6. The standard InChI is InChI=1S/C12H16N2O6/c1-4-10-13-11(14-20-10)8-5-9(17-6(2)15)12(19-8)18-7(3)16/h8-9,12H,4-5H2,1-3H3. The van der Waals surface area contributed by atoms with Gasteiger partial charge in [-0.15, -0.1) is 0 Å². The number of aromatic nitrogens is 2. The van der Waals surface area contributed by atoms with Gasteiger partial charge in [-0.05, 0) is 0 Å². The van der Waals surface area contributed by atoms with E-state index in [1.54, 1.807) is 0 Å². The van der Waals surface area contributed by atoms with Gasteiger partial charge in [0.25, 0.3) is 0 Å². The van der Waals surface area contributed by atoms with Gasteiger partial charge in [0.2, 0.25) is 18.0 Å². The number of carbonyl (C=O) groups excluding carboxylic acids is 2. The van der Waals surface area contributed by atoms with Crippen LogP contribution >= 0.6 is 0 Å². The summed E-state index contributed by atoms with van der Waals surface area (Å²) in [6, 6.07) is 0. The molecule has 0 N–H and O–H groups in total. The highest BCUT2D eigenvalue weighted by atomic mass is 16.7. The molecule has 1 aliphatic rings. The molecule has 2 heterocycles. The Morgan fingerprint density at radius 3 is 2.55 bits per heavy atom. The van der Waals surface area contributed by atoms with Crippen LogP contribution in [0.3, 0.4) is 0 Å². The lowest BCUT2D eigenvalue weighted by molar-refractivity contribution is -0.194. The molecule has 2 rings (SSSR count). The van der Waals surface area contributed by atoms with E-state index >= 15 is 0 Å². The molecule has 0 saturated carbocycles. The second kappa shape index (κ2) is 6.00. The lowest BCUT2D eigenvalue weighted by Crippen LogP contribution is -2.30. The molecule has 3 atom stereocenters. The Kier molecular flexibility index (Phi) is 4.33. The molecule has 1 aliphatic heterocycles. The van der Waals surface area contributed by atoms with E-state index < -0.39 is 30.4 Å². The third kappa shape index (κ3) is 3.32. The Morgan fingerprint density at radius 1 is 1.30 bits per heavy atom. The van der Waals surface area contributed by atoms with E-state index in [-0.39, 0.29) is 0 Å². The smallest absolute Gasteiger partial charge is 0.305 e. The molecule has 110 valence electrons. The Bertz CT molecular complexity index is 476. The zero-order valence-electron chi connectivity index (χ0n) is 11.5. The number of carbonyl (C=O) groups is 2. The summed E-state index contributed by atoms with van der Waals surface area (Å²) in [5, 5.41) is 3.80. The molecule has 0 spiro atoms. The van der Waals surface area contributed by atoms with Crippen LogP contribution in [0.2, 0.25) is 0 Å². The molecular weight excluding hydrogens is 268 g/mol. The van der Waals surface area contributed by atoms with Crippen molar-refractivity contribution in [2.45, 2.75) is 52.1 Å². The van der Waals surface area contributed by atoms with Crippen molar-refractivity contribution in [3.8, 4) is 0 Å². The van der Waals surface area contributed by atoms with E-state index in [9.17, 15) is 9.59 Å². The third-order valence-electron chi connectivity index (χ3n) is 2.72. The van der Waals surface area contributed by atoms with Gasteiger partial charge in [0.05, 0.1) is 0 Å². The van der Waals surface area contributed by atoms with Gasteiger partial charge in [-0.1, -0.05) is 12.1 Å². The molecule has 0 amide bonds. The highest BCUT2D eigenvalue weighted by molar-refractivity contribution is 5.67. The van der Waals surface area contributed by atoms with E-state index in [0.717, 1.165) is 0 Å². The maximum atomic E-state index is 11.1. The van der Waals surface area contributed by atoms with E-state index in [1.807, 2.05) is 6.92 Å². The van der Waals surface area contributed by atoms with Gasteiger partial charge in [-0.3, -0.25) is 9.59 Å². The van der Waals surface area contributed by atoms with Gasteiger partial charge in [-0.25, -0.2) is 0 Å². The lowest BCUT2D eigenvalue weighted by Gasteiger charge is -2.17. The Balaban J connectivity index is 2.09. The maximum Gasteiger partial charge on any atom is 0.305 e. The minimum atomic E-state index is -0.954. The van der Waals surface area contributed by atoms with Crippen molar-refractivity contribution in [2.75, 3.05) is 0 Å². The Labute approximate surface area is 115 Å². The summed E-state index contributed by atoms with van der Waals surface area (Å²) in [6.07, 6.45) is -1.25. The first kappa shape index (κ1) is 14.4.